The Bertz CT molecular complexity index is 1160. The van der Waals surface area contributed by atoms with E-state index in [1.54, 1.807) is 12.1 Å². The number of hydrogen-bond acceptors (Lipinski definition) is 5. The van der Waals surface area contributed by atoms with Crippen molar-refractivity contribution in [1.82, 2.24) is 4.31 Å². The molecule has 0 radical (unpaired) electrons. The Morgan fingerprint density at radius 1 is 0.839 bits per heavy atom. The summed E-state index contributed by atoms with van der Waals surface area (Å²) in [5.41, 5.74) is 1.47. The molecule has 3 aromatic carbocycles. The first kappa shape index (κ1) is 22.3. The van der Waals surface area contributed by atoms with Crippen molar-refractivity contribution < 1.29 is 27.8 Å². The minimum atomic E-state index is -3.94. The summed E-state index contributed by atoms with van der Waals surface area (Å²) in [5, 5.41) is 9.27. The van der Waals surface area contributed by atoms with Gasteiger partial charge in [0, 0.05) is 19.2 Å². The first-order chi connectivity index (χ1) is 14.8. The highest BCUT2D eigenvalue weighted by Gasteiger charge is 2.26. The summed E-state index contributed by atoms with van der Waals surface area (Å²) in [6.07, 6.45) is 0. The van der Waals surface area contributed by atoms with Crippen molar-refractivity contribution >= 4 is 16.0 Å². The van der Waals surface area contributed by atoms with Crippen molar-refractivity contribution in [1.29, 1.82) is 0 Å². The van der Waals surface area contributed by atoms with Crippen molar-refractivity contribution in [2.75, 3.05) is 14.2 Å². The summed E-state index contributed by atoms with van der Waals surface area (Å²) in [6.45, 7) is 0.126. The van der Waals surface area contributed by atoms with Gasteiger partial charge in [-0.25, -0.2) is 13.2 Å². The standard InChI is InChI=1S/C23H23NO6S/c1-29-21-12-11-20(14-22(21)30-2)31(27,28)24(15-17-7-4-3-5-8-17)16-18-9-6-10-19(13-18)23(25)26/h3-14H,15-16H2,1-2H3,(H,25,26). The molecule has 0 aliphatic rings. The second kappa shape index (κ2) is 9.63. The lowest BCUT2D eigenvalue weighted by Gasteiger charge is -2.23. The van der Waals surface area contributed by atoms with E-state index in [0.29, 0.717) is 17.1 Å². The third-order valence-corrected chi connectivity index (χ3v) is 6.52. The third-order valence-electron chi connectivity index (χ3n) is 4.73. The molecule has 0 aliphatic carbocycles. The van der Waals surface area contributed by atoms with Crippen LogP contribution in [0, 0.1) is 0 Å². The zero-order valence-electron chi connectivity index (χ0n) is 17.2. The van der Waals surface area contributed by atoms with Crippen LogP contribution in [-0.4, -0.2) is 38.0 Å². The molecule has 0 bridgehead atoms. The highest BCUT2D eigenvalue weighted by Crippen LogP contribution is 2.31. The van der Waals surface area contributed by atoms with Crippen LogP contribution in [0.4, 0.5) is 0 Å². The number of ether oxygens (including phenoxy) is 2. The number of carboxylic acids is 1. The second-order valence-electron chi connectivity index (χ2n) is 6.78. The molecule has 0 atom stereocenters. The Morgan fingerprint density at radius 3 is 2.13 bits per heavy atom. The van der Waals surface area contributed by atoms with Gasteiger partial charge in [-0.15, -0.1) is 0 Å². The van der Waals surface area contributed by atoms with Gasteiger partial charge in [-0.2, -0.15) is 4.31 Å². The van der Waals surface area contributed by atoms with E-state index in [9.17, 15) is 18.3 Å². The molecule has 7 nitrogen and oxygen atoms in total. The van der Waals surface area contributed by atoms with E-state index in [2.05, 4.69) is 0 Å². The van der Waals surface area contributed by atoms with E-state index in [1.165, 1.54) is 48.9 Å². The first-order valence-electron chi connectivity index (χ1n) is 9.43. The summed E-state index contributed by atoms with van der Waals surface area (Å²) in [7, 11) is -1.02. The predicted octanol–water partition coefficient (Wildman–Crippen LogP) is 3.79. The van der Waals surface area contributed by atoms with Gasteiger partial charge >= 0.3 is 5.97 Å². The van der Waals surface area contributed by atoms with Crippen LogP contribution in [0.2, 0.25) is 0 Å². The number of hydrogen-bond donors (Lipinski definition) is 1. The van der Waals surface area contributed by atoms with Gasteiger partial charge in [0.15, 0.2) is 11.5 Å². The molecule has 0 aliphatic heterocycles. The summed E-state index contributed by atoms with van der Waals surface area (Å²) < 4.78 is 38.9. The number of nitrogens with zero attached hydrogens (tertiary/aromatic N) is 1. The molecular formula is C23H23NO6S. The zero-order valence-corrected chi connectivity index (χ0v) is 18.0. The smallest absolute Gasteiger partial charge is 0.335 e. The molecule has 0 saturated heterocycles. The normalized spacial score (nSPS) is 11.3. The molecule has 0 saturated carbocycles. The van der Waals surface area contributed by atoms with Crippen LogP contribution in [0.15, 0.2) is 77.7 Å². The summed E-state index contributed by atoms with van der Waals surface area (Å²) >= 11 is 0. The monoisotopic (exact) mass is 441 g/mol. The molecule has 0 aromatic heterocycles. The zero-order chi connectivity index (χ0) is 22.4. The van der Waals surface area contributed by atoms with Gasteiger partial charge in [-0.3, -0.25) is 0 Å². The van der Waals surface area contributed by atoms with Gasteiger partial charge < -0.3 is 14.6 Å². The molecule has 0 unspecified atom stereocenters. The summed E-state index contributed by atoms with van der Waals surface area (Å²) in [5.74, 6) is -0.347. The predicted molar refractivity (Wildman–Crippen MR) is 116 cm³/mol. The lowest BCUT2D eigenvalue weighted by molar-refractivity contribution is 0.0696. The number of sulfonamides is 1. The fourth-order valence-electron chi connectivity index (χ4n) is 3.15. The minimum Gasteiger partial charge on any atom is -0.493 e. The number of methoxy groups -OCH3 is 2. The second-order valence-corrected chi connectivity index (χ2v) is 8.72. The number of carboxylic acid groups (broad SMARTS) is 1. The molecule has 8 heteroatoms. The van der Waals surface area contributed by atoms with Crippen LogP contribution in [0.1, 0.15) is 21.5 Å². The van der Waals surface area contributed by atoms with Gasteiger partial charge in [0.05, 0.1) is 24.7 Å². The van der Waals surface area contributed by atoms with E-state index in [0.717, 1.165) is 5.56 Å². The van der Waals surface area contributed by atoms with Crippen LogP contribution in [-0.2, 0) is 23.1 Å². The fraction of sp³-hybridized carbons (Fsp3) is 0.174. The van der Waals surface area contributed by atoms with Crippen LogP contribution in [0.3, 0.4) is 0 Å². The SMILES string of the molecule is COc1ccc(S(=O)(=O)N(Cc2ccccc2)Cc2cccc(C(=O)O)c2)cc1OC. The van der Waals surface area contributed by atoms with E-state index in [-0.39, 0.29) is 23.5 Å². The van der Waals surface area contributed by atoms with Crippen molar-refractivity contribution in [3.05, 3.63) is 89.5 Å². The van der Waals surface area contributed by atoms with Gasteiger partial charge in [0.2, 0.25) is 10.0 Å². The Balaban J connectivity index is 2.02. The van der Waals surface area contributed by atoms with Crippen molar-refractivity contribution in [3.8, 4) is 11.5 Å². The number of aromatic carboxylic acids is 1. The maximum Gasteiger partial charge on any atom is 0.335 e. The number of carbonyl (C=O) groups is 1. The summed E-state index contributed by atoms with van der Waals surface area (Å²) in [4.78, 5) is 11.4. The Hall–Kier alpha value is -3.36. The van der Waals surface area contributed by atoms with Crippen molar-refractivity contribution in [3.63, 3.8) is 0 Å². The Labute approximate surface area is 181 Å². The minimum absolute atomic E-state index is 0.00664. The molecule has 162 valence electrons. The number of benzene rings is 3. The average Bonchev–Trinajstić information content (AvgIpc) is 2.79. The molecule has 0 spiro atoms. The first-order valence-corrected chi connectivity index (χ1v) is 10.9. The van der Waals surface area contributed by atoms with E-state index in [1.807, 2.05) is 30.3 Å². The van der Waals surface area contributed by atoms with Crippen molar-refractivity contribution in [2.24, 2.45) is 0 Å². The molecule has 1 N–H and O–H groups in total. The Kier molecular flexibility index (Phi) is 6.94. The fourth-order valence-corrected chi connectivity index (χ4v) is 4.58. The average molecular weight is 442 g/mol. The van der Waals surface area contributed by atoms with Gasteiger partial charge in [0.25, 0.3) is 0 Å². The van der Waals surface area contributed by atoms with Crippen LogP contribution in [0.5, 0.6) is 11.5 Å². The number of rotatable bonds is 9. The van der Waals surface area contributed by atoms with E-state index < -0.39 is 16.0 Å². The highest BCUT2D eigenvalue weighted by molar-refractivity contribution is 7.89. The molecule has 0 heterocycles. The van der Waals surface area contributed by atoms with Gasteiger partial charge in [-0.1, -0.05) is 42.5 Å². The maximum absolute atomic E-state index is 13.5. The lowest BCUT2D eigenvalue weighted by atomic mass is 10.1. The maximum atomic E-state index is 13.5. The summed E-state index contributed by atoms with van der Waals surface area (Å²) in [6, 6.07) is 19.9. The molecule has 31 heavy (non-hydrogen) atoms. The van der Waals surface area contributed by atoms with Gasteiger partial charge in [-0.05, 0) is 35.4 Å². The largest absolute Gasteiger partial charge is 0.493 e. The molecule has 3 rings (SSSR count). The van der Waals surface area contributed by atoms with Crippen LogP contribution >= 0.6 is 0 Å². The topological polar surface area (TPSA) is 93.1 Å². The third kappa shape index (κ3) is 5.22. The quantitative estimate of drug-likeness (QED) is 0.543. The molecular weight excluding hydrogens is 418 g/mol. The van der Waals surface area contributed by atoms with Crippen LogP contribution < -0.4 is 9.47 Å². The lowest BCUT2D eigenvalue weighted by Crippen LogP contribution is -2.30. The highest BCUT2D eigenvalue weighted by atomic mass is 32.2. The Morgan fingerprint density at radius 2 is 1.48 bits per heavy atom. The van der Waals surface area contributed by atoms with E-state index >= 15 is 0 Å². The van der Waals surface area contributed by atoms with E-state index in [4.69, 9.17) is 9.47 Å². The molecule has 3 aromatic rings. The van der Waals surface area contributed by atoms with Crippen LogP contribution in [0.25, 0.3) is 0 Å². The van der Waals surface area contributed by atoms with Gasteiger partial charge in [0.1, 0.15) is 0 Å². The molecule has 0 amide bonds. The molecule has 0 fully saturated rings. The van der Waals surface area contributed by atoms with Crippen molar-refractivity contribution in [2.45, 2.75) is 18.0 Å².